The number of benzene rings is 1. The summed E-state index contributed by atoms with van der Waals surface area (Å²) in [5.74, 6) is -1.17. The fourth-order valence-corrected chi connectivity index (χ4v) is 3.77. The summed E-state index contributed by atoms with van der Waals surface area (Å²) >= 11 is 2.58. The van der Waals surface area contributed by atoms with Gasteiger partial charge in [0.25, 0.3) is 5.91 Å². The molecular weight excluding hydrogens is 372 g/mol. The number of aromatic carboxylic acids is 1. The average molecular weight is 386 g/mol. The molecule has 0 atom stereocenters. The van der Waals surface area contributed by atoms with Gasteiger partial charge in [0.1, 0.15) is 5.01 Å². The second kappa shape index (κ2) is 7.63. The second-order valence-electron chi connectivity index (χ2n) is 5.24. The number of aliphatic imine (C=N–C) groups is 1. The Morgan fingerprint density at radius 3 is 2.65 bits per heavy atom. The number of carboxylic acid groups (broad SMARTS) is 1. The lowest BCUT2D eigenvalue weighted by Crippen LogP contribution is -2.29. The van der Waals surface area contributed by atoms with Crippen molar-refractivity contribution in [1.82, 2.24) is 15.1 Å². The van der Waals surface area contributed by atoms with Crippen LogP contribution in [-0.4, -0.2) is 43.8 Å². The van der Waals surface area contributed by atoms with E-state index >= 15 is 0 Å². The number of carbonyl (C=O) groups is 2. The summed E-state index contributed by atoms with van der Waals surface area (Å²) < 4.78 is 0. The fourth-order valence-electron chi connectivity index (χ4n) is 2.17. The highest BCUT2D eigenvalue weighted by atomic mass is 32.2. The van der Waals surface area contributed by atoms with Crippen molar-refractivity contribution in [3.8, 4) is 0 Å². The van der Waals surface area contributed by atoms with E-state index in [1.807, 2.05) is 6.92 Å². The average Bonchev–Trinajstić information content (AvgIpc) is 3.14. The Morgan fingerprint density at radius 2 is 2.08 bits per heavy atom. The van der Waals surface area contributed by atoms with Gasteiger partial charge < -0.3 is 5.11 Å². The van der Waals surface area contributed by atoms with Gasteiger partial charge in [0.15, 0.2) is 5.17 Å². The number of rotatable bonds is 5. The summed E-state index contributed by atoms with van der Waals surface area (Å²) in [4.78, 5) is 30.0. The van der Waals surface area contributed by atoms with Crippen molar-refractivity contribution in [2.24, 2.45) is 4.99 Å². The van der Waals surface area contributed by atoms with E-state index in [0.29, 0.717) is 21.7 Å². The van der Waals surface area contributed by atoms with Crippen molar-refractivity contribution in [2.75, 3.05) is 6.54 Å². The van der Waals surface area contributed by atoms with Gasteiger partial charge in [0.2, 0.25) is 5.13 Å². The van der Waals surface area contributed by atoms with Crippen LogP contribution < -0.4 is 0 Å². The Morgan fingerprint density at radius 1 is 1.35 bits per heavy atom. The van der Waals surface area contributed by atoms with Crippen LogP contribution in [0.5, 0.6) is 0 Å². The lowest BCUT2D eigenvalue weighted by Gasteiger charge is -2.11. The zero-order chi connectivity index (χ0) is 18.7. The molecule has 0 aliphatic carbocycles. The maximum absolute atomic E-state index is 12.7. The Kier molecular flexibility index (Phi) is 5.29. The standard InChI is InChI=1S/C17H14N4O3S2/c1-3-8-21-14(22)13(9-11-4-6-12(7-5-11)15(23)24)26-17(21)18-16-20-19-10(2)25-16/h3-7,9H,1,8H2,2H3,(H,23,24). The largest absolute Gasteiger partial charge is 0.478 e. The van der Waals surface area contributed by atoms with Crippen molar-refractivity contribution >= 4 is 51.4 Å². The third kappa shape index (κ3) is 3.89. The molecule has 26 heavy (non-hydrogen) atoms. The highest BCUT2D eigenvalue weighted by molar-refractivity contribution is 8.18. The molecular formula is C17H14N4O3S2. The molecule has 1 aromatic heterocycles. The van der Waals surface area contributed by atoms with Gasteiger partial charge in [-0.2, -0.15) is 4.99 Å². The number of nitrogens with zero attached hydrogens (tertiary/aromatic N) is 4. The first-order chi connectivity index (χ1) is 12.5. The van der Waals surface area contributed by atoms with Crippen molar-refractivity contribution in [3.63, 3.8) is 0 Å². The van der Waals surface area contributed by atoms with Crippen LogP contribution in [0, 0.1) is 6.92 Å². The molecule has 1 aliphatic rings. The number of hydrogen-bond acceptors (Lipinski definition) is 7. The Labute approximate surface area is 157 Å². The second-order valence-corrected chi connectivity index (χ2v) is 7.41. The molecule has 1 aliphatic heterocycles. The predicted octanol–water partition coefficient (Wildman–Crippen LogP) is 3.33. The van der Waals surface area contributed by atoms with Gasteiger partial charge in [0.05, 0.1) is 10.5 Å². The lowest BCUT2D eigenvalue weighted by molar-refractivity contribution is -0.121. The van der Waals surface area contributed by atoms with E-state index in [4.69, 9.17) is 5.11 Å². The maximum Gasteiger partial charge on any atom is 0.335 e. The molecule has 1 aromatic carbocycles. The molecule has 0 radical (unpaired) electrons. The van der Waals surface area contributed by atoms with Gasteiger partial charge in [-0.3, -0.25) is 9.69 Å². The van der Waals surface area contributed by atoms with Crippen molar-refractivity contribution < 1.29 is 14.7 Å². The molecule has 7 nitrogen and oxygen atoms in total. The summed E-state index contributed by atoms with van der Waals surface area (Å²) in [6, 6.07) is 6.31. The summed E-state index contributed by atoms with van der Waals surface area (Å²) in [5.41, 5.74) is 0.928. The maximum atomic E-state index is 12.7. The minimum Gasteiger partial charge on any atom is -0.478 e. The third-order valence-electron chi connectivity index (χ3n) is 3.36. The normalized spacial score (nSPS) is 17.3. The first kappa shape index (κ1) is 18.0. The monoisotopic (exact) mass is 386 g/mol. The minimum absolute atomic E-state index is 0.183. The number of aromatic nitrogens is 2. The molecule has 1 amide bonds. The SMILES string of the molecule is C=CCN1C(=O)C(=Cc2ccc(C(=O)O)cc2)SC1=Nc1nnc(C)s1. The van der Waals surface area contributed by atoms with E-state index < -0.39 is 5.97 Å². The highest BCUT2D eigenvalue weighted by Crippen LogP contribution is 2.34. The third-order valence-corrected chi connectivity index (χ3v) is 5.10. The van der Waals surface area contributed by atoms with Crippen molar-refractivity contribution in [2.45, 2.75) is 6.92 Å². The van der Waals surface area contributed by atoms with Crippen LogP contribution in [0.15, 0.2) is 46.8 Å². The van der Waals surface area contributed by atoms with Crippen LogP contribution in [0.1, 0.15) is 20.9 Å². The lowest BCUT2D eigenvalue weighted by atomic mass is 10.1. The number of thioether (sulfide) groups is 1. The topological polar surface area (TPSA) is 95.8 Å². The number of carboxylic acids is 1. The van der Waals surface area contributed by atoms with E-state index in [1.54, 1.807) is 24.3 Å². The summed E-state index contributed by atoms with van der Waals surface area (Å²) in [7, 11) is 0. The van der Waals surface area contributed by atoms with Crippen molar-refractivity contribution in [1.29, 1.82) is 0 Å². The van der Waals surface area contributed by atoms with Crippen LogP contribution in [0.4, 0.5) is 5.13 Å². The first-order valence-corrected chi connectivity index (χ1v) is 9.15. The summed E-state index contributed by atoms with van der Waals surface area (Å²) in [6.07, 6.45) is 3.34. The van der Waals surface area contributed by atoms with E-state index in [9.17, 15) is 9.59 Å². The smallest absolute Gasteiger partial charge is 0.335 e. The predicted molar refractivity (Wildman–Crippen MR) is 103 cm³/mol. The number of carbonyl (C=O) groups excluding carboxylic acids is 1. The van der Waals surface area contributed by atoms with Gasteiger partial charge in [0, 0.05) is 6.54 Å². The minimum atomic E-state index is -0.991. The van der Waals surface area contributed by atoms with Gasteiger partial charge >= 0.3 is 5.97 Å². The van der Waals surface area contributed by atoms with Gasteiger partial charge in [-0.15, -0.1) is 16.8 Å². The number of amidine groups is 1. The molecule has 132 valence electrons. The van der Waals surface area contributed by atoms with E-state index in [0.717, 1.165) is 10.6 Å². The molecule has 1 saturated heterocycles. The molecule has 3 rings (SSSR count). The molecule has 1 fully saturated rings. The zero-order valence-corrected chi connectivity index (χ0v) is 15.4. The number of hydrogen-bond donors (Lipinski definition) is 1. The first-order valence-electron chi connectivity index (χ1n) is 7.52. The summed E-state index contributed by atoms with van der Waals surface area (Å²) in [6.45, 7) is 5.85. The van der Waals surface area contributed by atoms with E-state index in [1.165, 1.54) is 40.1 Å². The molecule has 9 heteroatoms. The van der Waals surface area contributed by atoms with Crippen molar-refractivity contribution in [3.05, 3.63) is 58.0 Å². The molecule has 0 spiro atoms. The van der Waals surface area contributed by atoms with Gasteiger partial charge in [-0.1, -0.05) is 29.5 Å². The van der Waals surface area contributed by atoms with E-state index in [2.05, 4.69) is 21.8 Å². The van der Waals surface area contributed by atoms with Crippen LogP contribution >= 0.6 is 23.1 Å². The molecule has 0 unspecified atom stereocenters. The van der Waals surface area contributed by atoms with E-state index in [-0.39, 0.29) is 11.5 Å². The zero-order valence-electron chi connectivity index (χ0n) is 13.7. The van der Waals surface area contributed by atoms with Crippen LogP contribution in [0.25, 0.3) is 6.08 Å². The fraction of sp³-hybridized carbons (Fsp3) is 0.118. The Balaban J connectivity index is 1.90. The molecule has 0 bridgehead atoms. The Hall–Kier alpha value is -2.78. The summed E-state index contributed by atoms with van der Waals surface area (Å²) in [5, 5.41) is 18.6. The molecule has 2 aromatic rings. The number of amides is 1. The quantitative estimate of drug-likeness (QED) is 0.625. The molecule has 2 heterocycles. The number of aryl methyl sites for hydroxylation is 1. The van der Waals surface area contributed by atoms with Crippen LogP contribution in [-0.2, 0) is 4.79 Å². The highest BCUT2D eigenvalue weighted by Gasteiger charge is 2.32. The van der Waals surface area contributed by atoms with Gasteiger partial charge in [-0.05, 0) is 42.5 Å². The van der Waals surface area contributed by atoms with Crippen LogP contribution in [0.3, 0.4) is 0 Å². The molecule has 1 N–H and O–H groups in total. The van der Waals surface area contributed by atoms with Crippen LogP contribution in [0.2, 0.25) is 0 Å². The Bertz CT molecular complexity index is 932. The van der Waals surface area contributed by atoms with Gasteiger partial charge in [-0.25, -0.2) is 4.79 Å². The molecule has 0 saturated carbocycles.